The first-order valence-electron chi connectivity index (χ1n) is 6.88. The molecular weight excluding hydrogens is 423 g/mol. The Kier molecular flexibility index (Phi) is 3.74. The van der Waals surface area contributed by atoms with Gasteiger partial charge in [-0.25, -0.2) is 0 Å². The number of halogens is 1. The van der Waals surface area contributed by atoms with Gasteiger partial charge in [-0.2, -0.15) is 9.61 Å². The Hall–Kier alpha value is -2.00. The lowest BCUT2D eigenvalue weighted by atomic mass is 10.2. The van der Waals surface area contributed by atoms with Gasteiger partial charge >= 0.3 is 0 Å². The quantitative estimate of drug-likeness (QED) is 0.455. The maximum atomic E-state index is 5.19. The van der Waals surface area contributed by atoms with Crippen LogP contribution in [0.2, 0.25) is 0 Å². The molecule has 0 spiro atoms. The molecule has 0 aliphatic carbocycles. The van der Waals surface area contributed by atoms with Crippen LogP contribution in [0.1, 0.15) is 0 Å². The maximum absolute atomic E-state index is 5.19. The second kappa shape index (κ2) is 5.89. The summed E-state index contributed by atoms with van der Waals surface area (Å²) >= 11 is 3.86. The van der Waals surface area contributed by atoms with E-state index in [2.05, 4.69) is 44.9 Å². The third-order valence-corrected chi connectivity index (χ3v) is 5.32. The Morgan fingerprint density at radius 1 is 1.04 bits per heavy atom. The molecule has 0 atom stereocenters. The number of benzene rings is 2. The van der Waals surface area contributed by atoms with Gasteiger partial charge < -0.3 is 4.74 Å². The number of ether oxygens (including phenoxy) is 1. The van der Waals surface area contributed by atoms with Crippen molar-refractivity contribution in [1.29, 1.82) is 0 Å². The molecule has 7 heteroatoms. The van der Waals surface area contributed by atoms with E-state index in [1.807, 2.05) is 36.4 Å². The predicted molar refractivity (Wildman–Crippen MR) is 98.8 cm³/mol. The standard InChI is InChI=1S/C16H11IN4OS/c1-22-11-8-6-10(7-9-11)14-18-19-16-21(14)20-15(23-16)12-4-2-3-5-13(12)17/h2-9H,1H3. The molecule has 0 fully saturated rings. The fraction of sp³-hybridized carbons (Fsp3) is 0.0625. The van der Waals surface area contributed by atoms with Crippen molar-refractivity contribution in [2.45, 2.75) is 0 Å². The highest BCUT2D eigenvalue weighted by molar-refractivity contribution is 14.1. The summed E-state index contributed by atoms with van der Waals surface area (Å²) in [5, 5.41) is 14.1. The van der Waals surface area contributed by atoms with Crippen LogP contribution in [-0.4, -0.2) is 26.9 Å². The average Bonchev–Trinajstić information content (AvgIpc) is 3.16. The van der Waals surface area contributed by atoms with Gasteiger partial charge in [0.15, 0.2) is 5.82 Å². The van der Waals surface area contributed by atoms with E-state index in [-0.39, 0.29) is 0 Å². The minimum atomic E-state index is 0.732. The van der Waals surface area contributed by atoms with Crippen molar-refractivity contribution in [1.82, 2.24) is 19.8 Å². The highest BCUT2D eigenvalue weighted by Crippen LogP contribution is 2.31. The molecule has 0 bridgehead atoms. The first-order chi connectivity index (χ1) is 11.3. The zero-order valence-corrected chi connectivity index (χ0v) is 15.1. The van der Waals surface area contributed by atoms with Crippen molar-refractivity contribution >= 4 is 38.9 Å². The molecule has 0 aliphatic heterocycles. The first-order valence-corrected chi connectivity index (χ1v) is 8.77. The zero-order valence-electron chi connectivity index (χ0n) is 12.1. The summed E-state index contributed by atoms with van der Waals surface area (Å²) in [4.78, 5) is 0.783. The molecule has 0 aliphatic rings. The molecule has 4 aromatic rings. The summed E-state index contributed by atoms with van der Waals surface area (Å²) in [6.45, 7) is 0. The molecule has 4 rings (SSSR count). The smallest absolute Gasteiger partial charge is 0.235 e. The summed E-state index contributed by atoms with van der Waals surface area (Å²) in [5.74, 6) is 1.54. The summed E-state index contributed by atoms with van der Waals surface area (Å²) < 4.78 is 8.16. The lowest BCUT2D eigenvalue weighted by molar-refractivity contribution is 0.415. The number of methoxy groups -OCH3 is 1. The molecule has 0 saturated carbocycles. The van der Waals surface area contributed by atoms with Gasteiger partial charge in [0.05, 0.1) is 7.11 Å². The molecule has 2 aromatic heterocycles. The molecule has 114 valence electrons. The Bertz CT molecular complexity index is 977. The lowest BCUT2D eigenvalue weighted by Gasteiger charge is -2.01. The molecule has 0 radical (unpaired) electrons. The molecular formula is C16H11IN4OS. The average molecular weight is 434 g/mol. The maximum Gasteiger partial charge on any atom is 0.235 e. The monoisotopic (exact) mass is 434 g/mol. The summed E-state index contributed by atoms with van der Waals surface area (Å²) in [5.41, 5.74) is 2.07. The van der Waals surface area contributed by atoms with E-state index in [0.29, 0.717) is 0 Å². The van der Waals surface area contributed by atoms with E-state index in [0.717, 1.165) is 32.7 Å². The fourth-order valence-electron chi connectivity index (χ4n) is 2.28. The minimum Gasteiger partial charge on any atom is -0.497 e. The van der Waals surface area contributed by atoms with Crippen LogP contribution in [0.4, 0.5) is 0 Å². The van der Waals surface area contributed by atoms with Crippen LogP contribution in [0.3, 0.4) is 0 Å². The van der Waals surface area contributed by atoms with E-state index in [1.165, 1.54) is 14.9 Å². The number of nitrogens with zero attached hydrogens (tertiary/aromatic N) is 4. The van der Waals surface area contributed by atoms with Gasteiger partial charge in [-0.3, -0.25) is 0 Å². The Balaban J connectivity index is 1.82. The van der Waals surface area contributed by atoms with Gasteiger partial charge in [-0.1, -0.05) is 29.5 Å². The number of aromatic nitrogens is 4. The summed E-state index contributed by atoms with van der Waals surface area (Å²) in [7, 11) is 1.65. The number of hydrogen-bond acceptors (Lipinski definition) is 5. The van der Waals surface area contributed by atoms with Crippen LogP contribution in [-0.2, 0) is 0 Å². The van der Waals surface area contributed by atoms with E-state index in [1.54, 1.807) is 11.6 Å². The van der Waals surface area contributed by atoms with Crippen molar-refractivity contribution in [3.63, 3.8) is 0 Å². The predicted octanol–water partition coefficient (Wildman–Crippen LogP) is 4.13. The van der Waals surface area contributed by atoms with E-state index < -0.39 is 0 Å². The third kappa shape index (κ3) is 2.59. The third-order valence-electron chi connectivity index (χ3n) is 3.44. The molecule has 2 aromatic carbocycles. The number of rotatable bonds is 3. The van der Waals surface area contributed by atoms with Crippen molar-refractivity contribution < 1.29 is 4.74 Å². The lowest BCUT2D eigenvalue weighted by Crippen LogP contribution is -1.92. The first kappa shape index (κ1) is 14.6. The molecule has 0 unspecified atom stereocenters. The van der Waals surface area contributed by atoms with Crippen LogP contribution in [0.25, 0.3) is 26.9 Å². The highest BCUT2D eigenvalue weighted by atomic mass is 127. The second-order valence-corrected chi connectivity index (χ2v) is 6.95. The molecule has 23 heavy (non-hydrogen) atoms. The second-order valence-electron chi connectivity index (χ2n) is 4.83. The van der Waals surface area contributed by atoms with Gasteiger partial charge in [-0.15, -0.1) is 10.2 Å². The number of fused-ring (bicyclic) bond motifs is 1. The van der Waals surface area contributed by atoms with Gasteiger partial charge in [0.25, 0.3) is 0 Å². The SMILES string of the molecule is COc1ccc(-c2nnc3sc(-c4ccccc4I)nn23)cc1. The van der Waals surface area contributed by atoms with Crippen molar-refractivity contribution in [3.05, 3.63) is 52.1 Å². The molecule has 0 saturated heterocycles. The van der Waals surface area contributed by atoms with Crippen LogP contribution < -0.4 is 4.74 Å². The van der Waals surface area contributed by atoms with Crippen LogP contribution in [0.5, 0.6) is 5.75 Å². The number of hydrogen-bond donors (Lipinski definition) is 0. The van der Waals surface area contributed by atoms with Crippen molar-refractivity contribution in [2.24, 2.45) is 0 Å². The Morgan fingerprint density at radius 3 is 2.57 bits per heavy atom. The minimum absolute atomic E-state index is 0.732. The Labute approximate surface area is 150 Å². The zero-order chi connectivity index (χ0) is 15.8. The fourth-order valence-corrected chi connectivity index (χ4v) is 3.99. The van der Waals surface area contributed by atoms with Crippen molar-refractivity contribution in [2.75, 3.05) is 7.11 Å². The van der Waals surface area contributed by atoms with Crippen LogP contribution >= 0.6 is 33.9 Å². The highest BCUT2D eigenvalue weighted by Gasteiger charge is 2.15. The summed E-state index contributed by atoms with van der Waals surface area (Å²) in [6.07, 6.45) is 0. The van der Waals surface area contributed by atoms with E-state index in [4.69, 9.17) is 9.84 Å². The molecule has 0 amide bonds. The van der Waals surface area contributed by atoms with Gasteiger partial charge in [0, 0.05) is 14.7 Å². The van der Waals surface area contributed by atoms with Gasteiger partial charge in [0.2, 0.25) is 4.96 Å². The van der Waals surface area contributed by atoms with Crippen LogP contribution in [0, 0.1) is 3.57 Å². The molecule has 2 heterocycles. The van der Waals surface area contributed by atoms with Gasteiger partial charge in [-0.05, 0) is 52.9 Å². The molecule has 0 N–H and O–H groups in total. The largest absolute Gasteiger partial charge is 0.497 e. The molecule has 5 nitrogen and oxygen atoms in total. The van der Waals surface area contributed by atoms with E-state index >= 15 is 0 Å². The Morgan fingerprint density at radius 2 is 1.83 bits per heavy atom. The van der Waals surface area contributed by atoms with E-state index in [9.17, 15) is 0 Å². The topological polar surface area (TPSA) is 52.3 Å². The van der Waals surface area contributed by atoms with Gasteiger partial charge in [0.1, 0.15) is 10.8 Å². The van der Waals surface area contributed by atoms with Crippen molar-refractivity contribution in [3.8, 4) is 27.7 Å². The van der Waals surface area contributed by atoms with Crippen LogP contribution in [0.15, 0.2) is 48.5 Å². The normalized spacial score (nSPS) is 11.0. The summed E-state index contributed by atoms with van der Waals surface area (Å²) in [6, 6.07) is 15.9.